The maximum Gasteiger partial charge on any atom is 0.274 e. The van der Waals surface area contributed by atoms with Gasteiger partial charge < -0.3 is 9.80 Å². The molecule has 0 saturated carbocycles. The van der Waals surface area contributed by atoms with Gasteiger partial charge in [-0.05, 0) is 31.2 Å². The van der Waals surface area contributed by atoms with Gasteiger partial charge in [-0.2, -0.15) is 5.10 Å². The van der Waals surface area contributed by atoms with Crippen molar-refractivity contribution < 1.29 is 4.79 Å². The summed E-state index contributed by atoms with van der Waals surface area (Å²) in [6.07, 6.45) is 0. The Kier molecular flexibility index (Phi) is 5.68. The highest BCUT2D eigenvalue weighted by molar-refractivity contribution is 7.12. The monoisotopic (exact) mass is 463 g/mol. The second-order valence-corrected chi connectivity index (χ2v) is 9.00. The number of aromatic nitrogens is 3. The summed E-state index contributed by atoms with van der Waals surface area (Å²) in [7, 11) is 0. The summed E-state index contributed by atoms with van der Waals surface area (Å²) in [5.74, 6) is -0.0556. The molecule has 1 amide bonds. The van der Waals surface area contributed by atoms with Crippen LogP contribution in [0.15, 0.2) is 66.0 Å². The molecule has 2 aromatic carbocycles. The number of hydrogen-bond acceptors (Lipinski definition) is 5. The van der Waals surface area contributed by atoms with Crippen LogP contribution in [-0.2, 0) is 0 Å². The lowest BCUT2D eigenvalue weighted by molar-refractivity contribution is 0.0740. The van der Waals surface area contributed by atoms with E-state index in [0.717, 1.165) is 45.9 Å². The number of carbonyl (C=O) groups is 1. The number of rotatable bonds is 4. The molecule has 0 N–H and O–H groups in total. The lowest BCUT2D eigenvalue weighted by Gasteiger charge is -2.35. The highest BCUT2D eigenvalue weighted by atomic mass is 35.5. The van der Waals surface area contributed by atoms with Crippen LogP contribution in [-0.4, -0.2) is 51.8 Å². The number of nitrogens with zero attached hydrogens (tertiary/aromatic N) is 5. The fourth-order valence-electron chi connectivity index (χ4n) is 3.89. The van der Waals surface area contributed by atoms with Crippen molar-refractivity contribution >= 4 is 34.5 Å². The first-order valence-corrected chi connectivity index (χ1v) is 11.7. The number of hydrogen-bond donors (Lipinski definition) is 0. The first-order valence-electron chi connectivity index (χ1n) is 10.5. The zero-order valence-corrected chi connectivity index (χ0v) is 19.2. The molecule has 0 atom stereocenters. The van der Waals surface area contributed by atoms with Gasteiger partial charge in [0.2, 0.25) is 5.13 Å². The Bertz CT molecular complexity index is 1240. The quantitative estimate of drug-likeness (QED) is 0.431. The second kappa shape index (κ2) is 8.76. The summed E-state index contributed by atoms with van der Waals surface area (Å²) in [6, 6.07) is 19.7. The summed E-state index contributed by atoms with van der Waals surface area (Å²) in [6.45, 7) is 4.73. The molecule has 5 rings (SSSR count). The molecule has 1 aliphatic heterocycles. The smallest absolute Gasteiger partial charge is 0.274 e. The van der Waals surface area contributed by atoms with Crippen LogP contribution < -0.4 is 4.90 Å². The van der Waals surface area contributed by atoms with Crippen molar-refractivity contribution in [1.82, 2.24) is 19.7 Å². The Morgan fingerprint density at radius 3 is 2.47 bits per heavy atom. The van der Waals surface area contributed by atoms with Crippen LogP contribution in [0.5, 0.6) is 0 Å². The van der Waals surface area contributed by atoms with Crippen LogP contribution in [0.1, 0.15) is 16.2 Å². The van der Waals surface area contributed by atoms with E-state index in [1.165, 1.54) is 11.3 Å². The van der Waals surface area contributed by atoms with Crippen molar-refractivity contribution in [2.24, 2.45) is 0 Å². The van der Waals surface area contributed by atoms with Gasteiger partial charge in [-0.25, -0.2) is 9.67 Å². The van der Waals surface area contributed by atoms with Gasteiger partial charge in [-0.15, -0.1) is 11.3 Å². The Morgan fingerprint density at radius 1 is 1.00 bits per heavy atom. The van der Waals surface area contributed by atoms with Crippen LogP contribution >= 0.6 is 22.9 Å². The minimum absolute atomic E-state index is 0.0556. The maximum absolute atomic E-state index is 13.3. The van der Waals surface area contributed by atoms with Crippen LogP contribution in [0.2, 0.25) is 5.02 Å². The zero-order chi connectivity index (χ0) is 22.1. The molecule has 1 fully saturated rings. The summed E-state index contributed by atoms with van der Waals surface area (Å²) < 4.78 is 1.78. The van der Waals surface area contributed by atoms with Gasteiger partial charge in [-0.3, -0.25) is 4.79 Å². The van der Waals surface area contributed by atoms with E-state index in [-0.39, 0.29) is 5.91 Å². The number of amides is 1. The highest BCUT2D eigenvalue weighted by Crippen LogP contribution is 2.27. The number of aryl methyl sites for hydroxylation is 1. The first kappa shape index (κ1) is 20.7. The van der Waals surface area contributed by atoms with Crippen LogP contribution in [0, 0.1) is 6.92 Å². The number of piperazine rings is 1. The van der Waals surface area contributed by atoms with Crippen molar-refractivity contribution in [3.05, 3.63) is 82.5 Å². The van der Waals surface area contributed by atoms with E-state index in [0.29, 0.717) is 18.8 Å². The summed E-state index contributed by atoms with van der Waals surface area (Å²) in [5.41, 5.74) is 4.32. The van der Waals surface area contributed by atoms with Gasteiger partial charge in [0, 0.05) is 47.8 Å². The molecule has 1 aliphatic rings. The van der Waals surface area contributed by atoms with Crippen LogP contribution in [0.25, 0.3) is 16.4 Å². The predicted octanol–water partition coefficient (Wildman–Crippen LogP) is 4.92. The maximum atomic E-state index is 13.3. The largest absolute Gasteiger partial charge is 0.368 e. The third-order valence-corrected chi connectivity index (χ3v) is 6.70. The van der Waals surface area contributed by atoms with Crippen molar-refractivity contribution in [3.8, 4) is 16.4 Å². The average molecular weight is 464 g/mol. The minimum Gasteiger partial charge on any atom is -0.368 e. The molecule has 8 heteroatoms. The SMILES string of the molecule is Cc1csc(-n2nc(C(=O)N3CCN(c4cccc(Cl)c4)CC3)cc2-c2ccccc2)n1. The number of halogens is 1. The molecule has 32 heavy (non-hydrogen) atoms. The normalized spacial score (nSPS) is 14.1. The molecule has 162 valence electrons. The molecule has 0 bridgehead atoms. The third-order valence-electron chi connectivity index (χ3n) is 5.53. The average Bonchev–Trinajstić information content (AvgIpc) is 3.46. The zero-order valence-electron chi connectivity index (χ0n) is 17.6. The van der Waals surface area contributed by atoms with E-state index < -0.39 is 0 Å². The molecular formula is C24H22ClN5OS. The fraction of sp³-hybridized carbons (Fsp3) is 0.208. The van der Waals surface area contributed by atoms with E-state index >= 15 is 0 Å². The van der Waals surface area contributed by atoms with Gasteiger partial charge in [0.05, 0.1) is 11.4 Å². The van der Waals surface area contributed by atoms with Gasteiger partial charge in [0.25, 0.3) is 5.91 Å². The van der Waals surface area contributed by atoms with E-state index in [9.17, 15) is 4.79 Å². The standard InChI is InChI=1S/C24H22ClN5OS/c1-17-16-32-24(26-17)30-22(18-6-3-2-4-7-18)15-21(27-30)23(31)29-12-10-28(11-13-29)20-9-5-8-19(25)14-20/h2-9,14-16H,10-13H2,1H3. The fourth-order valence-corrected chi connectivity index (χ4v) is 4.84. The first-order chi connectivity index (χ1) is 15.6. The van der Waals surface area contributed by atoms with Crippen molar-refractivity contribution in [3.63, 3.8) is 0 Å². The van der Waals surface area contributed by atoms with Gasteiger partial charge in [-0.1, -0.05) is 48.0 Å². The second-order valence-electron chi connectivity index (χ2n) is 7.72. The lowest BCUT2D eigenvalue weighted by Crippen LogP contribution is -2.48. The number of anilines is 1. The Labute approximate surface area is 195 Å². The summed E-state index contributed by atoms with van der Waals surface area (Å²) >= 11 is 7.66. The Balaban J connectivity index is 1.39. The molecular weight excluding hydrogens is 442 g/mol. The number of thiazole rings is 1. The summed E-state index contributed by atoms with van der Waals surface area (Å²) in [5, 5.41) is 8.14. The third kappa shape index (κ3) is 4.13. The van der Waals surface area contributed by atoms with Crippen LogP contribution in [0.4, 0.5) is 5.69 Å². The topological polar surface area (TPSA) is 54.3 Å². The van der Waals surface area contributed by atoms with Gasteiger partial charge in [0.1, 0.15) is 0 Å². The van der Waals surface area contributed by atoms with E-state index in [2.05, 4.69) is 15.0 Å². The minimum atomic E-state index is -0.0556. The molecule has 0 aliphatic carbocycles. The molecule has 3 heterocycles. The van der Waals surface area contributed by atoms with Gasteiger partial charge >= 0.3 is 0 Å². The molecule has 2 aromatic heterocycles. The lowest BCUT2D eigenvalue weighted by atomic mass is 10.1. The van der Waals surface area contributed by atoms with E-state index in [4.69, 9.17) is 11.6 Å². The molecule has 4 aromatic rings. The highest BCUT2D eigenvalue weighted by Gasteiger charge is 2.26. The van der Waals surface area contributed by atoms with Crippen molar-refractivity contribution in [2.45, 2.75) is 6.92 Å². The van der Waals surface area contributed by atoms with Crippen molar-refractivity contribution in [2.75, 3.05) is 31.1 Å². The number of benzene rings is 2. The van der Waals surface area contributed by atoms with E-state index in [1.807, 2.05) is 77.9 Å². The van der Waals surface area contributed by atoms with E-state index in [1.54, 1.807) is 4.68 Å². The molecule has 1 saturated heterocycles. The van der Waals surface area contributed by atoms with Gasteiger partial charge in [0.15, 0.2) is 5.69 Å². The molecule has 0 radical (unpaired) electrons. The predicted molar refractivity (Wildman–Crippen MR) is 129 cm³/mol. The molecule has 6 nitrogen and oxygen atoms in total. The Hall–Kier alpha value is -3.16. The van der Waals surface area contributed by atoms with Crippen molar-refractivity contribution in [1.29, 1.82) is 0 Å². The number of carbonyl (C=O) groups excluding carboxylic acids is 1. The Morgan fingerprint density at radius 2 is 1.78 bits per heavy atom. The van der Waals surface area contributed by atoms with Crippen LogP contribution in [0.3, 0.4) is 0 Å². The summed E-state index contributed by atoms with van der Waals surface area (Å²) in [4.78, 5) is 22.0. The molecule has 0 unspecified atom stereocenters. The molecule has 0 spiro atoms.